The first-order valence-corrected chi connectivity index (χ1v) is 12.0. The topological polar surface area (TPSA) is 35.2 Å². The average molecular weight is 423 g/mol. The van der Waals surface area contributed by atoms with E-state index in [-0.39, 0.29) is 5.82 Å². The normalized spacial score (nSPS) is 25.1. The summed E-state index contributed by atoms with van der Waals surface area (Å²) in [5, 5.41) is 0. The molecule has 2 atom stereocenters. The smallest absolute Gasteiger partial charge is 0.134 e. The third-order valence-corrected chi connectivity index (χ3v) is 7.88. The van der Waals surface area contributed by atoms with Gasteiger partial charge >= 0.3 is 0 Å². The Morgan fingerprint density at radius 3 is 2.74 bits per heavy atom. The molecule has 1 aromatic carbocycles. The van der Waals surface area contributed by atoms with Gasteiger partial charge in [0, 0.05) is 24.7 Å². The molecular formula is C26H35FN4. The van der Waals surface area contributed by atoms with Gasteiger partial charge in [0.1, 0.15) is 11.6 Å². The summed E-state index contributed by atoms with van der Waals surface area (Å²) in [7, 11) is 2.24. The third kappa shape index (κ3) is 4.05. The fourth-order valence-electron chi connectivity index (χ4n) is 5.93. The van der Waals surface area contributed by atoms with E-state index < -0.39 is 0 Å². The predicted molar refractivity (Wildman–Crippen MR) is 125 cm³/mol. The average Bonchev–Trinajstić information content (AvgIpc) is 3.35. The van der Waals surface area contributed by atoms with Crippen LogP contribution in [0.5, 0.6) is 0 Å². The number of piperidine rings is 1. The molecule has 31 heavy (non-hydrogen) atoms. The van der Waals surface area contributed by atoms with E-state index in [0.717, 1.165) is 28.3 Å². The van der Waals surface area contributed by atoms with Gasteiger partial charge < -0.3 is 14.8 Å². The molecule has 2 aromatic rings. The first kappa shape index (κ1) is 20.7. The maximum atomic E-state index is 13.8. The second-order valence-electron chi connectivity index (χ2n) is 9.98. The fourth-order valence-corrected chi connectivity index (χ4v) is 5.93. The Morgan fingerprint density at radius 1 is 1.13 bits per heavy atom. The lowest BCUT2D eigenvalue weighted by atomic mass is 9.81. The number of nitrogens with one attached hydrogen (secondary N) is 1. The van der Waals surface area contributed by atoms with Crippen LogP contribution in [-0.4, -0.2) is 53.0 Å². The molecule has 2 fully saturated rings. The molecule has 3 aliphatic rings. The van der Waals surface area contributed by atoms with Gasteiger partial charge in [0.2, 0.25) is 0 Å². The molecule has 2 aliphatic heterocycles. The lowest BCUT2D eigenvalue weighted by Gasteiger charge is -2.31. The highest BCUT2D eigenvalue weighted by Crippen LogP contribution is 2.43. The van der Waals surface area contributed by atoms with E-state index in [1.165, 1.54) is 69.6 Å². The van der Waals surface area contributed by atoms with Gasteiger partial charge in [0.15, 0.2) is 0 Å². The van der Waals surface area contributed by atoms with E-state index >= 15 is 0 Å². The van der Waals surface area contributed by atoms with Crippen molar-refractivity contribution in [3.05, 3.63) is 47.2 Å². The van der Waals surface area contributed by atoms with Crippen LogP contribution in [0.2, 0.25) is 0 Å². The zero-order chi connectivity index (χ0) is 21.5. The quantitative estimate of drug-likeness (QED) is 0.703. The van der Waals surface area contributed by atoms with Gasteiger partial charge in [-0.25, -0.2) is 9.37 Å². The maximum absolute atomic E-state index is 13.8. The number of nitrogens with zero attached hydrogens (tertiary/aromatic N) is 3. The van der Waals surface area contributed by atoms with E-state index in [0.29, 0.717) is 11.8 Å². The van der Waals surface area contributed by atoms with Crippen LogP contribution in [-0.2, 0) is 0 Å². The predicted octanol–water partition coefficient (Wildman–Crippen LogP) is 5.37. The van der Waals surface area contributed by atoms with Crippen molar-refractivity contribution in [1.29, 1.82) is 0 Å². The molecule has 1 aromatic heterocycles. The summed E-state index contributed by atoms with van der Waals surface area (Å²) in [6.07, 6.45) is 11.2. The van der Waals surface area contributed by atoms with Crippen LogP contribution in [0.1, 0.15) is 50.4 Å². The van der Waals surface area contributed by atoms with Crippen LogP contribution in [0.15, 0.2) is 30.0 Å². The molecule has 3 heterocycles. The number of imidazole rings is 1. The van der Waals surface area contributed by atoms with Gasteiger partial charge in [-0.1, -0.05) is 13.0 Å². The molecule has 0 amide bonds. The van der Waals surface area contributed by atoms with E-state index in [9.17, 15) is 4.39 Å². The summed E-state index contributed by atoms with van der Waals surface area (Å²) in [6.45, 7) is 9.13. The second kappa shape index (κ2) is 8.42. The van der Waals surface area contributed by atoms with Crippen molar-refractivity contribution < 1.29 is 4.39 Å². The Balaban J connectivity index is 1.28. The van der Waals surface area contributed by atoms with Gasteiger partial charge in [-0.3, -0.25) is 0 Å². The number of rotatable bonds is 5. The minimum Gasteiger partial charge on any atom is -0.375 e. The lowest BCUT2D eigenvalue weighted by molar-refractivity contribution is 0.206. The molecule has 2 unspecified atom stereocenters. The lowest BCUT2D eigenvalue weighted by Crippen LogP contribution is -2.30. The number of halogens is 1. The third-order valence-electron chi connectivity index (χ3n) is 7.88. The molecule has 166 valence electrons. The zero-order valence-electron chi connectivity index (χ0n) is 19.1. The molecule has 0 bridgehead atoms. The van der Waals surface area contributed by atoms with Crippen LogP contribution in [0.4, 0.5) is 4.39 Å². The molecule has 0 spiro atoms. The zero-order valence-corrected chi connectivity index (χ0v) is 19.1. The van der Waals surface area contributed by atoms with Gasteiger partial charge in [-0.15, -0.1) is 0 Å². The number of benzene rings is 1. The number of allylic oxidation sites excluding steroid dienone is 4. The number of hydrogen-bond acceptors (Lipinski definition) is 3. The van der Waals surface area contributed by atoms with Crippen molar-refractivity contribution >= 4 is 16.6 Å². The first-order valence-electron chi connectivity index (χ1n) is 12.0. The molecular weight excluding hydrogens is 387 g/mol. The van der Waals surface area contributed by atoms with Gasteiger partial charge in [0.05, 0.1) is 11.0 Å². The highest BCUT2D eigenvalue weighted by molar-refractivity contribution is 5.82. The van der Waals surface area contributed by atoms with Gasteiger partial charge in [-0.05, 0) is 100 Å². The highest BCUT2D eigenvalue weighted by atomic mass is 19.1. The van der Waals surface area contributed by atoms with Crippen LogP contribution < -0.4 is 0 Å². The van der Waals surface area contributed by atoms with Crippen LogP contribution in [0.25, 0.3) is 16.6 Å². The summed E-state index contributed by atoms with van der Waals surface area (Å²) in [5.41, 5.74) is 5.31. The van der Waals surface area contributed by atoms with Crippen LogP contribution >= 0.6 is 0 Å². The summed E-state index contributed by atoms with van der Waals surface area (Å²) in [4.78, 5) is 13.3. The number of hydrogen-bond donors (Lipinski definition) is 1. The second-order valence-corrected chi connectivity index (χ2v) is 9.98. The van der Waals surface area contributed by atoms with E-state index in [1.54, 1.807) is 12.1 Å². The number of likely N-dealkylation sites (tertiary alicyclic amines) is 2. The Labute approximate surface area is 185 Å². The van der Waals surface area contributed by atoms with Crippen molar-refractivity contribution in [2.24, 2.45) is 17.8 Å². The Morgan fingerprint density at radius 2 is 1.94 bits per heavy atom. The minimum atomic E-state index is -0.209. The Kier molecular flexibility index (Phi) is 5.63. The molecule has 1 aliphatic carbocycles. The number of aromatic amines is 1. The van der Waals surface area contributed by atoms with Gasteiger partial charge in [-0.2, -0.15) is 0 Å². The molecule has 2 saturated heterocycles. The van der Waals surface area contributed by atoms with Gasteiger partial charge in [0.25, 0.3) is 0 Å². The molecule has 1 N–H and O–H groups in total. The minimum absolute atomic E-state index is 0.209. The van der Waals surface area contributed by atoms with Crippen molar-refractivity contribution in [3.8, 4) is 0 Å². The van der Waals surface area contributed by atoms with E-state index in [1.807, 2.05) is 6.92 Å². The van der Waals surface area contributed by atoms with Crippen LogP contribution in [0, 0.1) is 30.5 Å². The van der Waals surface area contributed by atoms with Crippen LogP contribution in [0.3, 0.4) is 0 Å². The standard InChI is InChI=1S/C26H35FN4/c1-17-15-20(27)16-23-25(17)29-26(28-23)22-6-7-24-21(18(22)2)10-14-31(24)11-4-5-19-8-12-30(3)13-9-19/h6-7,15-16,18-19,21H,4-5,8-14H2,1-3H3,(H,28,29). The summed E-state index contributed by atoms with van der Waals surface area (Å²) >= 11 is 0. The molecule has 5 heteroatoms. The van der Waals surface area contributed by atoms with E-state index in [2.05, 4.69) is 40.9 Å². The summed E-state index contributed by atoms with van der Waals surface area (Å²) in [5.74, 6) is 2.59. The number of aromatic nitrogens is 2. The maximum Gasteiger partial charge on any atom is 0.134 e. The molecule has 0 radical (unpaired) electrons. The first-order chi connectivity index (χ1) is 15.0. The monoisotopic (exact) mass is 422 g/mol. The summed E-state index contributed by atoms with van der Waals surface area (Å²) < 4.78 is 13.8. The number of aryl methyl sites for hydroxylation is 1. The van der Waals surface area contributed by atoms with Crippen molar-refractivity contribution in [2.45, 2.75) is 46.0 Å². The van der Waals surface area contributed by atoms with E-state index in [4.69, 9.17) is 4.98 Å². The highest BCUT2D eigenvalue weighted by Gasteiger charge is 2.36. The number of fused-ring (bicyclic) bond motifs is 2. The SMILES string of the molecule is Cc1cc(F)cc2[nH]c(C3=CC=C4C(CCN4CCCC4CCN(C)CC4)C3C)nc12. The molecule has 5 rings (SSSR count). The fraction of sp³-hybridized carbons (Fsp3) is 0.577. The Hall–Kier alpha value is -2.14. The van der Waals surface area contributed by atoms with Crippen molar-refractivity contribution in [3.63, 3.8) is 0 Å². The van der Waals surface area contributed by atoms with Crippen molar-refractivity contribution in [2.75, 3.05) is 33.2 Å². The number of H-pyrrole nitrogens is 1. The largest absolute Gasteiger partial charge is 0.375 e. The van der Waals surface area contributed by atoms with Crippen molar-refractivity contribution in [1.82, 2.24) is 19.8 Å². The Bertz CT molecular complexity index is 1010. The molecule has 0 saturated carbocycles. The summed E-state index contributed by atoms with van der Waals surface area (Å²) in [6, 6.07) is 3.11. The molecule has 4 nitrogen and oxygen atoms in total.